The van der Waals surface area contributed by atoms with Gasteiger partial charge in [-0.3, -0.25) is 4.79 Å². The minimum absolute atomic E-state index is 0.0271. The number of carbonyl (C=O) groups excluding carboxylic acids is 1. The highest BCUT2D eigenvalue weighted by Gasteiger charge is 2.45. The summed E-state index contributed by atoms with van der Waals surface area (Å²) in [7, 11) is 0. The Morgan fingerprint density at radius 3 is 2.48 bits per heavy atom. The van der Waals surface area contributed by atoms with Crippen LogP contribution < -0.4 is 11.5 Å². The molecule has 0 bridgehead atoms. The van der Waals surface area contributed by atoms with Gasteiger partial charge < -0.3 is 41.4 Å². The summed E-state index contributed by atoms with van der Waals surface area (Å²) >= 11 is 0. The molecule has 1 heterocycles. The fourth-order valence-electron chi connectivity index (χ4n) is 2.16. The van der Waals surface area contributed by atoms with E-state index in [2.05, 4.69) is 0 Å². The van der Waals surface area contributed by atoms with Crippen LogP contribution in [-0.2, 0) is 14.3 Å². The van der Waals surface area contributed by atoms with E-state index in [9.17, 15) is 20.1 Å². The summed E-state index contributed by atoms with van der Waals surface area (Å²) in [6.07, 6.45) is -6.04. The number of hydrogen-bond acceptors (Lipinski definition) is 9. The molecule has 1 saturated heterocycles. The molecule has 21 heavy (non-hydrogen) atoms. The Balaban J connectivity index is 2.18. The molecule has 1 fully saturated rings. The van der Waals surface area contributed by atoms with Crippen molar-refractivity contribution in [3.63, 3.8) is 0 Å². The number of carbonyl (C=O) groups is 1. The molecule has 0 amide bonds. The van der Waals surface area contributed by atoms with Gasteiger partial charge in [0.2, 0.25) is 12.1 Å². The van der Waals surface area contributed by atoms with E-state index in [0.717, 1.165) is 0 Å². The zero-order chi connectivity index (χ0) is 15.7. The quantitative estimate of drug-likeness (QED) is 0.314. The number of allylic oxidation sites excluding steroid dienone is 3. The molecule has 9 heteroatoms. The molecule has 1 aliphatic heterocycles. The second-order valence-corrected chi connectivity index (χ2v) is 4.92. The number of ketones is 1. The van der Waals surface area contributed by atoms with E-state index >= 15 is 0 Å². The Morgan fingerprint density at radius 1 is 1.24 bits per heavy atom. The maximum absolute atomic E-state index is 11.8. The Bertz CT molecular complexity index is 488. The number of Topliss-reactive ketones (excluding diaryl/α,β-unsaturated/α-hetero) is 1. The van der Waals surface area contributed by atoms with Crippen LogP contribution in [0.2, 0.25) is 0 Å². The molecule has 0 radical (unpaired) electrons. The van der Waals surface area contributed by atoms with Crippen molar-refractivity contribution < 1.29 is 34.7 Å². The molecule has 2 aliphatic rings. The molecule has 0 aromatic rings. The van der Waals surface area contributed by atoms with Gasteiger partial charge in [0.15, 0.2) is 5.76 Å². The van der Waals surface area contributed by atoms with Crippen molar-refractivity contribution in [2.24, 2.45) is 11.5 Å². The summed E-state index contributed by atoms with van der Waals surface area (Å²) in [5.41, 5.74) is 11.4. The van der Waals surface area contributed by atoms with Gasteiger partial charge in [0.05, 0.1) is 18.7 Å². The average molecular weight is 302 g/mol. The van der Waals surface area contributed by atoms with Gasteiger partial charge in [0.1, 0.15) is 24.4 Å². The minimum atomic E-state index is -1.61. The molecule has 0 saturated carbocycles. The first-order valence-electron chi connectivity index (χ1n) is 6.31. The predicted molar refractivity (Wildman–Crippen MR) is 68.0 cm³/mol. The summed E-state index contributed by atoms with van der Waals surface area (Å²) in [6, 6.07) is 0. The van der Waals surface area contributed by atoms with Crippen LogP contribution >= 0.6 is 0 Å². The van der Waals surface area contributed by atoms with Crippen LogP contribution in [0.4, 0.5) is 0 Å². The van der Waals surface area contributed by atoms with Gasteiger partial charge in [-0.1, -0.05) is 0 Å². The lowest BCUT2D eigenvalue weighted by molar-refractivity contribution is -0.291. The van der Waals surface area contributed by atoms with Crippen molar-refractivity contribution in [1.82, 2.24) is 0 Å². The third-order valence-corrected chi connectivity index (χ3v) is 3.30. The molecular weight excluding hydrogens is 284 g/mol. The van der Waals surface area contributed by atoms with Gasteiger partial charge in [0.25, 0.3) is 0 Å². The maximum atomic E-state index is 11.8. The van der Waals surface area contributed by atoms with Crippen LogP contribution in [0.15, 0.2) is 23.2 Å². The monoisotopic (exact) mass is 302 g/mol. The first-order valence-corrected chi connectivity index (χ1v) is 6.31. The fourth-order valence-corrected chi connectivity index (χ4v) is 2.16. The van der Waals surface area contributed by atoms with Crippen molar-refractivity contribution in [2.45, 2.75) is 37.1 Å². The van der Waals surface area contributed by atoms with Crippen LogP contribution in [0.5, 0.6) is 0 Å². The third-order valence-electron chi connectivity index (χ3n) is 3.30. The van der Waals surface area contributed by atoms with Crippen molar-refractivity contribution in [1.29, 1.82) is 0 Å². The lowest BCUT2D eigenvalue weighted by Crippen LogP contribution is -2.59. The molecule has 0 spiro atoms. The summed E-state index contributed by atoms with van der Waals surface area (Å²) in [6.45, 7) is -0.597. The standard InChI is InChI=1S/C12H18N2O7/c13-4-1-5(14)11(6(16)2-4)21-12-10(19)9(18)8(17)7(3-15)20-12/h1,7-10,12,15,17-19H,2-3,13-14H2/t7-,8-,9+,10-,12+/m1/s1. The van der Waals surface area contributed by atoms with E-state index in [1.807, 2.05) is 0 Å². The second-order valence-electron chi connectivity index (χ2n) is 4.92. The fraction of sp³-hybridized carbons (Fsp3) is 0.583. The Kier molecular flexibility index (Phi) is 4.49. The summed E-state index contributed by atoms with van der Waals surface area (Å²) in [5.74, 6) is -0.738. The predicted octanol–water partition coefficient (Wildman–Crippen LogP) is -3.21. The number of hydrogen-bond donors (Lipinski definition) is 6. The Hall–Kier alpha value is -1.65. The van der Waals surface area contributed by atoms with E-state index in [4.69, 9.17) is 26.0 Å². The van der Waals surface area contributed by atoms with Crippen LogP contribution in [0.25, 0.3) is 0 Å². The van der Waals surface area contributed by atoms with Crippen LogP contribution in [0.3, 0.4) is 0 Å². The zero-order valence-corrected chi connectivity index (χ0v) is 11.0. The molecule has 9 nitrogen and oxygen atoms in total. The molecule has 118 valence electrons. The molecule has 0 aromatic carbocycles. The smallest absolute Gasteiger partial charge is 0.229 e. The number of ether oxygens (including phenoxy) is 2. The summed E-state index contributed by atoms with van der Waals surface area (Å²) in [5, 5.41) is 38.2. The lowest BCUT2D eigenvalue weighted by atomic mass is 9.99. The molecule has 1 aliphatic carbocycles. The van der Waals surface area contributed by atoms with Crippen molar-refractivity contribution in [2.75, 3.05) is 6.61 Å². The molecule has 8 N–H and O–H groups in total. The summed E-state index contributed by atoms with van der Waals surface area (Å²) in [4.78, 5) is 11.8. The van der Waals surface area contributed by atoms with Gasteiger partial charge in [-0.25, -0.2) is 0 Å². The number of rotatable bonds is 3. The zero-order valence-electron chi connectivity index (χ0n) is 11.0. The largest absolute Gasteiger partial charge is 0.456 e. The minimum Gasteiger partial charge on any atom is -0.456 e. The van der Waals surface area contributed by atoms with Gasteiger partial charge in [-0.2, -0.15) is 0 Å². The van der Waals surface area contributed by atoms with Crippen molar-refractivity contribution in [3.05, 3.63) is 23.2 Å². The van der Waals surface area contributed by atoms with Gasteiger partial charge in [0, 0.05) is 5.70 Å². The van der Waals surface area contributed by atoms with E-state index < -0.39 is 43.1 Å². The van der Waals surface area contributed by atoms with Gasteiger partial charge in [-0.05, 0) is 6.08 Å². The van der Waals surface area contributed by atoms with E-state index in [1.165, 1.54) is 6.08 Å². The Labute approximate surface area is 120 Å². The second kappa shape index (κ2) is 6.00. The van der Waals surface area contributed by atoms with Gasteiger partial charge >= 0.3 is 0 Å². The molecule has 0 aromatic heterocycles. The van der Waals surface area contributed by atoms with Gasteiger partial charge in [-0.15, -0.1) is 0 Å². The number of aliphatic hydroxyl groups is 4. The van der Waals surface area contributed by atoms with E-state index in [0.29, 0.717) is 0 Å². The number of aliphatic hydroxyl groups excluding tert-OH is 4. The van der Waals surface area contributed by atoms with Crippen LogP contribution in [0.1, 0.15) is 6.42 Å². The average Bonchev–Trinajstić information content (AvgIpc) is 2.42. The van der Waals surface area contributed by atoms with Crippen molar-refractivity contribution in [3.8, 4) is 0 Å². The highest BCUT2D eigenvalue weighted by Crippen LogP contribution is 2.26. The summed E-state index contributed by atoms with van der Waals surface area (Å²) < 4.78 is 10.3. The molecule has 2 rings (SSSR count). The number of nitrogens with two attached hydrogens (primary N) is 2. The highest BCUT2D eigenvalue weighted by atomic mass is 16.7. The lowest BCUT2D eigenvalue weighted by Gasteiger charge is -2.39. The first-order chi connectivity index (χ1) is 9.85. The van der Waals surface area contributed by atoms with Crippen LogP contribution in [0, 0.1) is 0 Å². The van der Waals surface area contributed by atoms with Crippen molar-refractivity contribution >= 4 is 5.78 Å². The Morgan fingerprint density at radius 2 is 1.90 bits per heavy atom. The maximum Gasteiger partial charge on any atom is 0.229 e. The molecule has 0 unspecified atom stereocenters. The highest BCUT2D eigenvalue weighted by molar-refractivity contribution is 5.97. The SMILES string of the molecule is NC1=CC(N)=C(O[C@@H]2O[C@H](CO)[C@@H](O)[C@H](O)[C@H]2O)C(=O)C1. The first kappa shape index (κ1) is 15.7. The third kappa shape index (κ3) is 3.01. The molecule has 5 atom stereocenters. The normalized spacial score (nSPS) is 37.4. The van der Waals surface area contributed by atoms with E-state index in [1.54, 1.807) is 0 Å². The molecular formula is C12H18N2O7. The van der Waals surface area contributed by atoms with Crippen LogP contribution in [-0.4, -0.2) is 63.5 Å². The topological polar surface area (TPSA) is 168 Å². The van der Waals surface area contributed by atoms with E-state index in [-0.39, 0.29) is 23.6 Å².